The zero-order valence-corrected chi connectivity index (χ0v) is 20.5. The van der Waals surface area contributed by atoms with Crippen molar-refractivity contribution in [2.75, 3.05) is 0 Å². The largest absolute Gasteiger partial charge is 0.444 e. The summed E-state index contributed by atoms with van der Waals surface area (Å²) >= 11 is 0. The lowest BCUT2D eigenvalue weighted by Gasteiger charge is -2.40. The number of hydrogen-bond acceptors (Lipinski definition) is 5. The van der Waals surface area contributed by atoms with Crippen molar-refractivity contribution in [1.82, 2.24) is 10.1 Å². The van der Waals surface area contributed by atoms with Gasteiger partial charge in [-0.05, 0) is 71.3 Å². The first kappa shape index (κ1) is 22.5. The number of hydrogen-bond donors (Lipinski definition) is 0. The Balaban J connectivity index is 1.31. The van der Waals surface area contributed by atoms with Crippen LogP contribution in [0.5, 0.6) is 0 Å². The van der Waals surface area contributed by atoms with Gasteiger partial charge in [0.15, 0.2) is 0 Å². The molecule has 2 aliphatic heterocycles. The Morgan fingerprint density at radius 1 is 1.18 bits per heavy atom. The number of piperidine rings is 1. The van der Waals surface area contributed by atoms with E-state index in [1.807, 2.05) is 37.8 Å². The molecule has 2 bridgehead atoms. The van der Waals surface area contributed by atoms with Crippen LogP contribution in [0.25, 0.3) is 11.3 Å². The predicted molar refractivity (Wildman–Crippen MR) is 126 cm³/mol. The van der Waals surface area contributed by atoms with Crippen molar-refractivity contribution in [2.24, 2.45) is 5.92 Å². The fourth-order valence-corrected chi connectivity index (χ4v) is 5.58. The maximum atomic E-state index is 12.9. The second-order valence-corrected chi connectivity index (χ2v) is 11.2. The van der Waals surface area contributed by atoms with E-state index in [0.29, 0.717) is 18.4 Å². The van der Waals surface area contributed by atoms with E-state index < -0.39 is 5.60 Å². The van der Waals surface area contributed by atoms with Crippen LogP contribution in [0.3, 0.4) is 0 Å². The van der Waals surface area contributed by atoms with Crippen molar-refractivity contribution >= 4 is 6.09 Å². The minimum Gasteiger partial charge on any atom is -0.444 e. The van der Waals surface area contributed by atoms with Crippen molar-refractivity contribution in [2.45, 2.75) is 103 Å². The summed E-state index contributed by atoms with van der Waals surface area (Å²) in [7, 11) is 0. The molecule has 1 aromatic carbocycles. The average Bonchev–Trinajstić information content (AvgIpc) is 3.46. The molecular formula is C27H36N2O4. The normalized spacial score (nSPS) is 27.1. The number of nitrogens with zero attached hydrogens (tertiary/aromatic N) is 2. The van der Waals surface area contributed by atoms with Gasteiger partial charge in [0.25, 0.3) is 0 Å². The molecule has 178 valence electrons. The van der Waals surface area contributed by atoms with Crippen molar-refractivity contribution in [3.63, 3.8) is 0 Å². The van der Waals surface area contributed by atoms with Crippen LogP contribution in [0.1, 0.15) is 82.6 Å². The van der Waals surface area contributed by atoms with Crippen LogP contribution in [-0.2, 0) is 16.1 Å². The molecule has 0 spiro atoms. The third-order valence-electron chi connectivity index (χ3n) is 7.33. The smallest absolute Gasteiger partial charge is 0.410 e. The van der Waals surface area contributed by atoms with Crippen molar-refractivity contribution < 1.29 is 18.8 Å². The van der Waals surface area contributed by atoms with E-state index >= 15 is 0 Å². The summed E-state index contributed by atoms with van der Waals surface area (Å²) in [6, 6.07) is 8.66. The number of aromatic nitrogens is 1. The maximum Gasteiger partial charge on any atom is 0.410 e. The standard InChI is InChI=1S/C27H36N2O4/c1-16-8-6-7-9-21(16)24-22(25(33-28-24)18-10-11-18)15-31-20-13-19-12-17(2)23(14-20)29(19)26(30)32-27(3,4)5/h6-9,17-20,23H,10-15H2,1-5H3. The SMILES string of the molecule is Cc1ccccc1-c1noc(C2CC2)c1COC1CC2CC(C)C(C1)N2C(=O)OC(C)(C)C. The zero-order chi connectivity index (χ0) is 23.3. The highest BCUT2D eigenvalue weighted by Gasteiger charge is 2.49. The van der Waals surface area contributed by atoms with Gasteiger partial charge in [-0.3, -0.25) is 0 Å². The van der Waals surface area contributed by atoms with E-state index in [4.69, 9.17) is 14.0 Å². The fraction of sp³-hybridized carbons (Fsp3) is 0.630. The average molecular weight is 453 g/mol. The molecule has 6 heteroatoms. The minimum absolute atomic E-state index is 0.121. The Morgan fingerprint density at radius 3 is 2.61 bits per heavy atom. The van der Waals surface area contributed by atoms with Crippen LogP contribution in [-0.4, -0.2) is 39.9 Å². The lowest BCUT2D eigenvalue weighted by Crippen LogP contribution is -2.50. The quantitative estimate of drug-likeness (QED) is 0.539. The van der Waals surface area contributed by atoms with E-state index in [-0.39, 0.29) is 24.3 Å². The number of carbonyl (C=O) groups excluding carboxylic acids is 1. The second-order valence-electron chi connectivity index (χ2n) is 11.2. The topological polar surface area (TPSA) is 64.8 Å². The summed E-state index contributed by atoms with van der Waals surface area (Å²) in [5.41, 5.74) is 3.83. The van der Waals surface area contributed by atoms with Gasteiger partial charge < -0.3 is 18.9 Å². The van der Waals surface area contributed by atoms with Crippen LogP contribution in [0.4, 0.5) is 4.79 Å². The molecule has 4 unspecified atom stereocenters. The Labute approximate surface area is 196 Å². The van der Waals surface area contributed by atoms with Crippen LogP contribution in [0.15, 0.2) is 28.8 Å². The van der Waals surface area contributed by atoms with E-state index in [1.165, 1.54) is 5.56 Å². The third-order valence-corrected chi connectivity index (χ3v) is 7.33. The summed E-state index contributed by atoms with van der Waals surface area (Å²) in [5, 5.41) is 4.47. The highest BCUT2D eigenvalue weighted by atomic mass is 16.6. The molecule has 5 rings (SSSR count). The lowest BCUT2D eigenvalue weighted by atomic mass is 9.97. The molecule has 1 aliphatic carbocycles. The molecule has 2 saturated heterocycles. The van der Waals surface area contributed by atoms with Gasteiger partial charge in [0, 0.05) is 29.1 Å². The number of fused-ring (bicyclic) bond motifs is 2. The monoisotopic (exact) mass is 452 g/mol. The molecule has 2 aromatic rings. The van der Waals surface area contributed by atoms with E-state index in [9.17, 15) is 4.79 Å². The Kier molecular flexibility index (Phi) is 5.76. The summed E-state index contributed by atoms with van der Waals surface area (Å²) < 4.78 is 18.1. The van der Waals surface area contributed by atoms with Crippen LogP contribution >= 0.6 is 0 Å². The van der Waals surface area contributed by atoms with Gasteiger partial charge >= 0.3 is 6.09 Å². The number of carbonyl (C=O) groups is 1. The fourth-order valence-electron chi connectivity index (χ4n) is 5.58. The molecule has 3 fully saturated rings. The summed E-state index contributed by atoms with van der Waals surface area (Å²) in [5.74, 6) is 1.92. The van der Waals surface area contributed by atoms with Gasteiger partial charge in [-0.15, -0.1) is 0 Å². The Morgan fingerprint density at radius 2 is 1.94 bits per heavy atom. The molecule has 4 atom stereocenters. The third kappa shape index (κ3) is 4.54. The highest BCUT2D eigenvalue weighted by Crippen LogP contribution is 2.45. The molecule has 3 aliphatic rings. The summed E-state index contributed by atoms with van der Waals surface area (Å²) in [6.45, 7) is 10.6. The predicted octanol–water partition coefficient (Wildman–Crippen LogP) is 6.22. The Bertz CT molecular complexity index is 1020. The van der Waals surface area contributed by atoms with Crippen LogP contribution in [0.2, 0.25) is 0 Å². The highest BCUT2D eigenvalue weighted by molar-refractivity contribution is 5.70. The molecule has 1 amide bonds. The lowest BCUT2D eigenvalue weighted by molar-refractivity contribution is -0.0422. The maximum absolute atomic E-state index is 12.9. The minimum atomic E-state index is -0.480. The van der Waals surface area contributed by atoms with Crippen molar-refractivity contribution in [1.29, 1.82) is 0 Å². The molecule has 0 N–H and O–H groups in total. The molecule has 1 aromatic heterocycles. The second kappa shape index (κ2) is 8.46. The first-order valence-electron chi connectivity index (χ1n) is 12.4. The van der Waals surface area contributed by atoms with Gasteiger partial charge in [-0.2, -0.15) is 0 Å². The first-order valence-corrected chi connectivity index (χ1v) is 12.4. The van der Waals surface area contributed by atoms with Gasteiger partial charge in [-0.25, -0.2) is 4.79 Å². The molecule has 33 heavy (non-hydrogen) atoms. The van der Waals surface area contributed by atoms with E-state index in [2.05, 4.69) is 31.1 Å². The number of ether oxygens (including phenoxy) is 2. The zero-order valence-electron chi connectivity index (χ0n) is 20.5. The number of amides is 1. The van der Waals surface area contributed by atoms with Crippen LogP contribution < -0.4 is 0 Å². The number of benzene rings is 1. The van der Waals surface area contributed by atoms with Crippen molar-refractivity contribution in [3.8, 4) is 11.3 Å². The van der Waals surface area contributed by atoms with Gasteiger partial charge in [0.2, 0.25) is 0 Å². The molecule has 6 nitrogen and oxygen atoms in total. The van der Waals surface area contributed by atoms with Crippen LogP contribution in [0, 0.1) is 12.8 Å². The summed E-state index contributed by atoms with van der Waals surface area (Å²) in [6.07, 6.45) is 4.97. The summed E-state index contributed by atoms with van der Waals surface area (Å²) in [4.78, 5) is 14.9. The van der Waals surface area contributed by atoms with E-state index in [1.54, 1.807) is 0 Å². The van der Waals surface area contributed by atoms with E-state index in [0.717, 1.165) is 54.7 Å². The number of rotatable bonds is 5. The Hall–Kier alpha value is -2.34. The molecule has 0 radical (unpaired) electrons. The molecule has 3 heterocycles. The van der Waals surface area contributed by atoms with Gasteiger partial charge in [0.05, 0.1) is 12.7 Å². The molecule has 1 saturated carbocycles. The van der Waals surface area contributed by atoms with Gasteiger partial charge in [0.1, 0.15) is 17.1 Å². The first-order chi connectivity index (χ1) is 15.7. The van der Waals surface area contributed by atoms with Gasteiger partial charge in [-0.1, -0.05) is 36.3 Å². The molecular weight excluding hydrogens is 416 g/mol. The number of aryl methyl sites for hydroxylation is 1. The van der Waals surface area contributed by atoms with Crippen molar-refractivity contribution in [3.05, 3.63) is 41.2 Å².